The van der Waals surface area contributed by atoms with E-state index in [2.05, 4.69) is 54.5 Å². The standard InChI is InChI=1S/C36H41N3O3/c1-24(23-42-32-13-18-38-31-12-5-7-25(2)33(31)32)19-28-21-27-9-3-4-11-30(27)35(28)14-16-36(17-15-35,34(40)41)39-29-10-6-8-26(20-29)22-37/h3-4,6,8-11,13,18,20,24-25,28,39H,5,7,12,14-17,19,21,23H2,1-2H3,(H,40,41)/t24-,25-,28?,35?,36?/m1/s1. The maximum absolute atomic E-state index is 12.7. The van der Waals surface area contributed by atoms with Crippen LogP contribution in [0.1, 0.15) is 92.7 Å². The van der Waals surface area contributed by atoms with Crippen LogP contribution in [-0.4, -0.2) is 28.2 Å². The third kappa shape index (κ3) is 5.15. The summed E-state index contributed by atoms with van der Waals surface area (Å²) in [6.07, 6.45) is 10.1. The maximum atomic E-state index is 12.7. The number of carboxylic acids is 1. The summed E-state index contributed by atoms with van der Waals surface area (Å²) < 4.78 is 6.50. The van der Waals surface area contributed by atoms with E-state index in [1.54, 1.807) is 18.2 Å². The van der Waals surface area contributed by atoms with Crippen LogP contribution in [0.4, 0.5) is 5.69 Å². The van der Waals surface area contributed by atoms with Crippen molar-refractivity contribution in [2.75, 3.05) is 11.9 Å². The van der Waals surface area contributed by atoms with Gasteiger partial charge in [0.1, 0.15) is 11.3 Å². The fourth-order valence-electron chi connectivity index (χ4n) is 8.16. The van der Waals surface area contributed by atoms with Gasteiger partial charge in [-0.3, -0.25) is 4.98 Å². The Labute approximate surface area is 249 Å². The van der Waals surface area contributed by atoms with E-state index in [0.717, 1.165) is 37.9 Å². The minimum atomic E-state index is -1.05. The van der Waals surface area contributed by atoms with Crippen LogP contribution < -0.4 is 10.1 Å². The van der Waals surface area contributed by atoms with Crippen molar-refractivity contribution < 1.29 is 14.6 Å². The molecule has 1 aromatic heterocycles. The molecule has 218 valence electrons. The molecule has 6 heteroatoms. The molecule has 0 aliphatic heterocycles. The highest BCUT2D eigenvalue weighted by Gasteiger charge is 2.54. The Morgan fingerprint density at radius 1 is 1.17 bits per heavy atom. The second-order valence-electron chi connectivity index (χ2n) is 13.0. The van der Waals surface area contributed by atoms with Crippen LogP contribution in [0.3, 0.4) is 0 Å². The number of fused-ring (bicyclic) bond motifs is 3. The van der Waals surface area contributed by atoms with E-state index >= 15 is 0 Å². The van der Waals surface area contributed by atoms with Crippen LogP contribution in [-0.2, 0) is 23.1 Å². The summed E-state index contributed by atoms with van der Waals surface area (Å²) in [5.41, 5.74) is 5.44. The van der Waals surface area contributed by atoms with Gasteiger partial charge in [0.05, 0.1) is 18.2 Å². The molecule has 3 aromatic rings. The number of hydrogen-bond acceptors (Lipinski definition) is 5. The molecule has 2 N–H and O–H groups in total. The molecule has 1 spiro atoms. The first-order valence-electron chi connectivity index (χ1n) is 15.5. The number of carboxylic acid groups (broad SMARTS) is 1. The van der Waals surface area contributed by atoms with Crippen LogP contribution in [0.2, 0.25) is 0 Å². The maximum Gasteiger partial charge on any atom is 0.329 e. The number of anilines is 1. The summed E-state index contributed by atoms with van der Waals surface area (Å²) in [6, 6.07) is 20.1. The Balaban J connectivity index is 1.19. The number of nitrogens with zero attached hydrogens (tertiary/aromatic N) is 2. The summed E-state index contributed by atoms with van der Waals surface area (Å²) in [6.45, 7) is 5.24. The van der Waals surface area contributed by atoms with E-state index in [-0.39, 0.29) is 5.41 Å². The summed E-state index contributed by atoms with van der Waals surface area (Å²) in [5.74, 6) is 1.46. The first-order chi connectivity index (χ1) is 20.3. The summed E-state index contributed by atoms with van der Waals surface area (Å²) in [4.78, 5) is 17.4. The van der Waals surface area contributed by atoms with Crippen molar-refractivity contribution in [3.63, 3.8) is 0 Å². The lowest BCUT2D eigenvalue weighted by Crippen LogP contribution is -2.53. The molecule has 6 rings (SSSR count). The van der Waals surface area contributed by atoms with Gasteiger partial charge in [-0.15, -0.1) is 0 Å². The highest BCUT2D eigenvalue weighted by Crippen LogP contribution is 2.56. The molecular weight excluding hydrogens is 522 g/mol. The van der Waals surface area contributed by atoms with E-state index in [1.165, 1.54) is 35.2 Å². The van der Waals surface area contributed by atoms with E-state index in [4.69, 9.17) is 4.74 Å². The van der Waals surface area contributed by atoms with Gasteiger partial charge >= 0.3 is 5.97 Å². The molecule has 3 aliphatic rings. The number of ether oxygens (including phenoxy) is 1. The van der Waals surface area contributed by atoms with Crippen molar-refractivity contribution in [3.8, 4) is 11.8 Å². The van der Waals surface area contributed by atoms with Crippen LogP contribution in [0.15, 0.2) is 60.8 Å². The molecule has 1 saturated carbocycles. The van der Waals surface area contributed by atoms with Crippen LogP contribution in [0, 0.1) is 23.2 Å². The molecule has 2 aromatic carbocycles. The average Bonchev–Trinajstić information content (AvgIpc) is 3.29. The Bertz CT molecular complexity index is 1500. The molecular formula is C36H41N3O3. The molecule has 1 heterocycles. The first-order valence-corrected chi connectivity index (χ1v) is 15.5. The molecule has 1 unspecified atom stereocenters. The van der Waals surface area contributed by atoms with Crippen molar-refractivity contribution in [3.05, 3.63) is 88.7 Å². The lowest BCUT2D eigenvalue weighted by molar-refractivity contribution is -0.144. The Morgan fingerprint density at radius 3 is 2.76 bits per heavy atom. The van der Waals surface area contributed by atoms with Gasteiger partial charge in [0, 0.05) is 23.1 Å². The highest BCUT2D eigenvalue weighted by atomic mass is 16.5. The predicted molar refractivity (Wildman–Crippen MR) is 164 cm³/mol. The van der Waals surface area contributed by atoms with Gasteiger partial charge in [-0.2, -0.15) is 5.26 Å². The molecule has 0 saturated heterocycles. The number of benzene rings is 2. The average molecular weight is 564 g/mol. The molecule has 0 amide bonds. The Morgan fingerprint density at radius 2 is 1.98 bits per heavy atom. The van der Waals surface area contributed by atoms with E-state index in [0.29, 0.717) is 48.5 Å². The number of aryl methyl sites for hydroxylation is 1. The zero-order valence-corrected chi connectivity index (χ0v) is 24.7. The zero-order chi connectivity index (χ0) is 29.3. The number of rotatable bonds is 8. The lowest BCUT2D eigenvalue weighted by atomic mass is 9.59. The van der Waals surface area contributed by atoms with Crippen molar-refractivity contribution in [1.82, 2.24) is 4.98 Å². The number of nitrogens with one attached hydrogen (secondary N) is 1. The van der Waals surface area contributed by atoms with Crippen LogP contribution in [0.25, 0.3) is 0 Å². The smallest absolute Gasteiger partial charge is 0.329 e. The van der Waals surface area contributed by atoms with Crippen LogP contribution >= 0.6 is 0 Å². The Kier molecular flexibility index (Phi) is 7.70. The van der Waals surface area contributed by atoms with Gasteiger partial charge in [0.2, 0.25) is 0 Å². The number of carbonyl (C=O) groups is 1. The summed E-state index contributed by atoms with van der Waals surface area (Å²) in [7, 11) is 0. The number of hydrogen-bond donors (Lipinski definition) is 2. The van der Waals surface area contributed by atoms with E-state index < -0.39 is 11.5 Å². The molecule has 1 fully saturated rings. The Hall–Kier alpha value is -3.85. The second kappa shape index (κ2) is 11.4. The van der Waals surface area contributed by atoms with Crippen molar-refractivity contribution in [2.24, 2.45) is 11.8 Å². The largest absolute Gasteiger partial charge is 0.493 e. The van der Waals surface area contributed by atoms with E-state index in [9.17, 15) is 15.2 Å². The van der Waals surface area contributed by atoms with Gasteiger partial charge in [-0.25, -0.2) is 4.79 Å². The molecule has 0 bridgehead atoms. The molecule has 42 heavy (non-hydrogen) atoms. The van der Waals surface area contributed by atoms with Gasteiger partial charge in [0.15, 0.2) is 0 Å². The third-order valence-electron chi connectivity index (χ3n) is 10.4. The van der Waals surface area contributed by atoms with Gasteiger partial charge in [-0.1, -0.05) is 44.2 Å². The number of nitriles is 1. The fourth-order valence-corrected chi connectivity index (χ4v) is 8.16. The molecule has 6 nitrogen and oxygen atoms in total. The topological polar surface area (TPSA) is 95.2 Å². The number of pyridine rings is 1. The zero-order valence-electron chi connectivity index (χ0n) is 24.7. The van der Waals surface area contributed by atoms with Crippen molar-refractivity contribution in [1.29, 1.82) is 5.26 Å². The van der Waals surface area contributed by atoms with Gasteiger partial charge < -0.3 is 15.2 Å². The SMILES string of the molecule is C[C@@H](COc1ccnc2c1[C@H](C)CCC2)CC1Cc2ccccc2C12CCC(Nc1cccc(C#N)c1)(C(=O)O)CC2. The fraction of sp³-hybridized carbons (Fsp3) is 0.472. The lowest BCUT2D eigenvalue weighted by Gasteiger charge is -2.47. The van der Waals surface area contributed by atoms with Gasteiger partial charge in [-0.05, 0) is 116 Å². The summed E-state index contributed by atoms with van der Waals surface area (Å²) >= 11 is 0. The molecule has 3 atom stereocenters. The van der Waals surface area contributed by atoms with Gasteiger partial charge in [0.25, 0.3) is 0 Å². The third-order valence-corrected chi connectivity index (χ3v) is 10.4. The molecule has 0 radical (unpaired) electrons. The minimum absolute atomic E-state index is 0.0374. The monoisotopic (exact) mass is 563 g/mol. The predicted octanol–water partition coefficient (Wildman–Crippen LogP) is 7.42. The van der Waals surface area contributed by atoms with Crippen LogP contribution in [0.5, 0.6) is 5.75 Å². The second-order valence-corrected chi connectivity index (χ2v) is 13.0. The first kappa shape index (κ1) is 28.3. The quantitative estimate of drug-likeness (QED) is 0.296. The molecule has 3 aliphatic carbocycles. The van der Waals surface area contributed by atoms with Crippen molar-refractivity contribution in [2.45, 2.75) is 88.5 Å². The van der Waals surface area contributed by atoms with Crippen molar-refractivity contribution >= 4 is 11.7 Å². The normalized spacial score (nSPS) is 27.0. The number of aliphatic carboxylic acids is 1. The number of aromatic nitrogens is 1. The minimum Gasteiger partial charge on any atom is -0.493 e. The summed E-state index contributed by atoms with van der Waals surface area (Å²) in [5, 5.41) is 23.1. The highest BCUT2D eigenvalue weighted by molar-refractivity contribution is 5.83. The van der Waals surface area contributed by atoms with E-state index in [1.807, 2.05) is 18.3 Å².